The fraction of sp³-hybridized carbons (Fsp3) is 0.595. The number of aliphatic hydroxyl groups is 1. The number of methoxy groups -OCH3 is 2. The normalized spacial score (nSPS) is 33.8. The van der Waals surface area contributed by atoms with Crippen molar-refractivity contribution < 1.29 is 58.1 Å². The number of rotatable bonds is 5. The van der Waals surface area contributed by atoms with Crippen LogP contribution in [0, 0.1) is 0 Å². The van der Waals surface area contributed by atoms with Crippen molar-refractivity contribution in [1.29, 1.82) is 0 Å². The molecule has 0 unspecified atom stereocenters. The summed E-state index contributed by atoms with van der Waals surface area (Å²) in [5, 5.41) is 39.7. The number of carbonyl (C=O) groups is 3. The standard InChI is InChI=1S/C37H45N3O12/c1-17-32-20(40-11-12-49-34(48-5)33(40)52-32)13-23(50-17)51-22-15-37(46,35(45)39-10-9-38-36(2,3)16-39)14-19-25(22)31(44)27-26(29(19)42)28(41)18-7-6-8-21(47-4)24(18)30(27)43/h6-8,17,20,22-23,32-34,38,42,44,46H,9-16H2,1-5H3/t17-,20-,22-,23-,32+,33+,34-,37-/m0/s1. The quantitative estimate of drug-likeness (QED) is 0.277. The van der Waals surface area contributed by atoms with Crippen molar-refractivity contribution in [2.45, 2.75) is 94.3 Å². The third-order valence-corrected chi connectivity index (χ3v) is 11.4. The summed E-state index contributed by atoms with van der Waals surface area (Å²) in [7, 11) is 2.93. The molecule has 8 atom stereocenters. The van der Waals surface area contributed by atoms with Crippen LogP contribution < -0.4 is 10.1 Å². The molecule has 0 aromatic heterocycles. The van der Waals surface area contributed by atoms with Gasteiger partial charge in [-0.1, -0.05) is 12.1 Å². The van der Waals surface area contributed by atoms with E-state index in [1.165, 1.54) is 19.2 Å². The number of nitrogens with one attached hydrogen (secondary N) is 1. The lowest BCUT2D eigenvalue weighted by Crippen LogP contribution is -2.63. The van der Waals surface area contributed by atoms with E-state index in [4.69, 9.17) is 28.4 Å². The molecule has 2 aliphatic carbocycles. The molecule has 280 valence electrons. The Morgan fingerprint density at radius 1 is 1.04 bits per heavy atom. The number of piperazine rings is 1. The SMILES string of the molecule is COc1cccc2c1C(=O)c1c(O)c3c(c(O)c1C2=O)C[C@@](O)(C(=O)N1CCNC(C)(C)C1)C[C@@H]3O[C@H]1C[C@H]2[C@H](O[C@@H]3[C@@H](OC)OCCN32)[C@H](C)O1. The van der Waals surface area contributed by atoms with Crippen LogP contribution in [-0.2, 0) is 34.9 Å². The van der Waals surface area contributed by atoms with Crippen LogP contribution in [0.2, 0.25) is 0 Å². The minimum absolute atomic E-state index is 0.000412. The summed E-state index contributed by atoms with van der Waals surface area (Å²) in [6.07, 6.45) is -4.38. The number of hydrogen-bond donors (Lipinski definition) is 4. The second-order valence-corrected chi connectivity index (χ2v) is 15.2. The molecule has 4 fully saturated rings. The Labute approximate surface area is 300 Å². The molecule has 15 heteroatoms. The molecule has 2 aromatic rings. The average Bonchev–Trinajstić information content (AvgIpc) is 3.50. The lowest BCUT2D eigenvalue weighted by Gasteiger charge is -2.46. The number of carbonyl (C=O) groups excluding carboxylic acids is 3. The number of ether oxygens (including phenoxy) is 6. The van der Waals surface area contributed by atoms with Gasteiger partial charge in [-0.15, -0.1) is 0 Å². The summed E-state index contributed by atoms with van der Waals surface area (Å²) in [5.41, 5.74) is -3.39. The Bertz CT molecular complexity index is 1830. The van der Waals surface area contributed by atoms with Gasteiger partial charge in [0.1, 0.15) is 29.0 Å². The van der Waals surface area contributed by atoms with E-state index in [-0.39, 0.29) is 46.6 Å². The van der Waals surface area contributed by atoms with E-state index < -0.39 is 88.7 Å². The molecule has 8 rings (SSSR count). The minimum atomic E-state index is -2.10. The third-order valence-electron chi connectivity index (χ3n) is 11.4. The van der Waals surface area contributed by atoms with Crippen LogP contribution in [0.5, 0.6) is 17.2 Å². The first-order chi connectivity index (χ1) is 24.8. The van der Waals surface area contributed by atoms with Crippen LogP contribution in [0.3, 0.4) is 0 Å². The summed E-state index contributed by atoms with van der Waals surface area (Å²) >= 11 is 0. The largest absolute Gasteiger partial charge is 0.507 e. The first kappa shape index (κ1) is 35.4. The molecule has 2 aromatic carbocycles. The van der Waals surface area contributed by atoms with Crippen LogP contribution in [0.4, 0.5) is 0 Å². The molecule has 0 radical (unpaired) electrons. The van der Waals surface area contributed by atoms with Gasteiger partial charge in [0, 0.05) is 80.8 Å². The smallest absolute Gasteiger partial charge is 0.255 e. The van der Waals surface area contributed by atoms with Crippen LogP contribution >= 0.6 is 0 Å². The molecular weight excluding hydrogens is 678 g/mol. The Morgan fingerprint density at radius 3 is 2.54 bits per heavy atom. The van der Waals surface area contributed by atoms with Crippen LogP contribution in [-0.4, -0.2) is 138 Å². The third kappa shape index (κ3) is 5.44. The Kier molecular flexibility index (Phi) is 8.66. The molecule has 15 nitrogen and oxygen atoms in total. The van der Waals surface area contributed by atoms with Crippen molar-refractivity contribution in [3.8, 4) is 17.2 Å². The maximum absolute atomic E-state index is 14.3. The summed E-state index contributed by atoms with van der Waals surface area (Å²) in [4.78, 5) is 46.1. The van der Waals surface area contributed by atoms with Gasteiger partial charge < -0.3 is 54.0 Å². The van der Waals surface area contributed by atoms with E-state index in [2.05, 4.69) is 10.2 Å². The van der Waals surface area contributed by atoms with Gasteiger partial charge in [0.25, 0.3) is 5.91 Å². The number of morpholine rings is 1. The Balaban J connectivity index is 1.20. The molecule has 52 heavy (non-hydrogen) atoms. The number of amides is 1. The molecule has 4 N–H and O–H groups in total. The lowest BCUT2D eigenvalue weighted by atomic mass is 9.72. The monoisotopic (exact) mass is 723 g/mol. The highest BCUT2D eigenvalue weighted by Crippen LogP contribution is 2.53. The maximum atomic E-state index is 14.3. The van der Waals surface area contributed by atoms with E-state index in [0.717, 1.165) is 0 Å². The number of nitrogens with zero attached hydrogens (tertiary/aromatic N) is 2. The zero-order chi connectivity index (χ0) is 36.9. The van der Waals surface area contributed by atoms with Crippen LogP contribution in [0.25, 0.3) is 0 Å². The lowest BCUT2D eigenvalue weighted by molar-refractivity contribution is -0.256. The Hall–Kier alpha value is -3.67. The zero-order valence-electron chi connectivity index (χ0n) is 29.8. The van der Waals surface area contributed by atoms with Crippen LogP contribution in [0.1, 0.15) is 82.7 Å². The van der Waals surface area contributed by atoms with Gasteiger partial charge in [-0.2, -0.15) is 0 Å². The average molecular weight is 724 g/mol. The van der Waals surface area contributed by atoms with Crippen molar-refractivity contribution in [2.75, 3.05) is 47.0 Å². The number of fused-ring (bicyclic) bond motifs is 6. The van der Waals surface area contributed by atoms with E-state index in [1.54, 1.807) is 18.1 Å². The highest BCUT2D eigenvalue weighted by Gasteiger charge is 2.56. The minimum Gasteiger partial charge on any atom is -0.507 e. The zero-order valence-corrected chi connectivity index (χ0v) is 29.8. The second-order valence-electron chi connectivity index (χ2n) is 15.2. The van der Waals surface area contributed by atoms with Gasteiger partial charge in [-0.25, -0.2) is 0 Å². The van der Waals surface area contributed by atoms with Gasteiger partial charge in [-0.3, -0.25) is 19.3 Å². The van der Waals surface area contributed by atoms with Crippen molar-refractivity contribution >= 4 is 17.5 Å². The number of ketones is 2. The van der Waals surface area contributed by atoms with Gasteiger partial charge in [0.15, 0.2) is 24.6 Å². The van der Waals surface area contributed by atoms with Gasteiger partial charge in [-0.05, 0) is 26.8 Å². The van der Waals surface area contributed by atoms with Crippen molar-refractivity contribution in [3.63, 3.8) is 0 Å². The molecule has 0 saturated carbocycles. The highest BCUT2D eigenvalue weighted by atomic mass is 16.7. The summed E-state index contributed by atoms with van der Waals surface area (Å²) in [6.45, 7) is 7.97. The molecular formula is C37H45N3O12. The number of aromatic hydroxyl groups is 2. The van der Waals surface area contributed by atoms with Crippen molar-refractivity contribution in [2.24, 2.45) is 0 Å². The molecule has 4 heterocycles. The first-order valence-corrected chi connectivity index (χ1v) is 17.8. The topological polar surface area (TPSA) is 186 Å². The fourth-order valence-corrected chi connectivity index (χ4v) is 9.10. The maximum Gasteiger partial charge on any atom is 0.255 e. The Morgan fingerprint density at radius 2 is 1.81 bits per heavy atom. The van der Waals surface area contributed by atoms with Gasteiger partial charge in [0.05, 0.1) is 42.6 Å². The van der Waals surface area contributed by atoms with Gasteiger partial charge in [0.2, 0.25) is 5.78 Å². The molecule has 4 saturated heterocycles. The van der Waals surface area contributed by atoms with E-state index >= 15 is 0 Å². The van der Waals surface area contributed by atoms with E-state index in [0.29, 0.717) is 39.2 Å². The highest BCUT2D eigenvalue weighted by molar-refractivity contribution is 6.31. The first-order valence-electron chi connectivity index (χ1n) is 17.8. The number of phenols is 2. The molecule has 1 amide bonds. The summed E-state index contributed by atoms with van der Waals surface area (Å²) < 4.78 is 36.0. The number of hydrogen-bond acceptors (Lipinski definition) is 14. The predicted octanol–water partition coefficient (Wildman–Crippen LogP) is 1.36. The fourth-order valence-electron chi connectivity index (χ4n) is 9.10. The number of phenolic OH excluding ortho intramolecular Hbond substituents is 2. The van der Waals surface area contributed by atoms with Gasteiger partial charge >= 0.3 is 0 Å². The molecule has 0 spiro atoms. The summed E-state index contributed by atoms with van der Waals surface area (Å²) in [5.74, 6) is -3.01. The van der Waals surface area contributed by atoms with Crippen molar-refractivity contribution in [3.05, 3.63) is 51.6 Å². The molecule has 6 aliphatic rings. The van der Waals surface area contributed by atoms with E-state index in [9.17, 15) is 29.7 Å². The molecule has 0 bridgehead atoms. The second kappa shape index (κ2) is 12.7. The van der Waals surface area contributed by atoms with Crippen molar-refractivity contribution in [1.82, 2.24) is 15.1 Å². The van der Waals surface area contributed by atoms with E-state index in [1.807, 2.05) is 20.8 Å². The van der Waals surface area contributed by atoms with Crippen LogP contribution in [0.15, 0.2) is 18.2 Å². The molecule has 4 aliphatic heterocycles. The summed E-state index contributed by atoms with van der Waals surface area (Å²) in [6, 6.07) is 4.39. The number of benzene rings is 2. The predicted molar refractivity (Wildman–Crippen MR) is 180 cm³/mol.